The summed E-state index contributed by atoms with van der Waals surface area (Å²) in [6, 6.07) is 6.81. The van der Waals surface area contributed by atoms with Gasteiger partial charge in [-0.15, -0.1) is 0 Å². The smallest absolute Gasteiger partial charge is 0.355 e. The lowest BCUT2D eigenvalue weighted by Gasteiger charge is -2.14. The van der Waals surface area contributed by atoms with Crippen LogP contribution in [0.4, 0.5) is 5.69 Å². The molecule has 2 rings (SSSR count). The van der Waals surface area contributed by atoms with Crippen molar-refractivity contribution in [3.8, 4) is 5.75 Å². The predicted molar refractivity (Wildman–Crippen MR) is 98.1 cm³/mol. The van der Waals surface area contributed by atoms with Gasteiger partial charge in [0.25, 0.3) is 5.91 Å². The first kappa shape index (κ1) is 20.0. The highest BCUT2D eigenvalue weighted by Gasteiger charge is 2.26. The summed E-state index contributed by atoms with van der Waals surface area (Å²) >= 11 is 0. The maximum atomic E-state index is 12.4. The van der Waals surface area contributed by atoms with Gasteiger partial charge in [0, 0.05) is 17.4 Å². The Morgan fingerprint density at radius 1 is 1.11 bits per heavy atom. The second kappa shape index (κ2) is 8.39. The van der Waals surface area contributed by atoms with Gasteiger partial charge in [0.05, 0.1) is 19.8 Å². The summed E-state index contributed by atoms with van der Waals surface area (Å²) in [5.74, 6) is -1.20. The highest BCUT2D eigenvalue weighted by atomic mass is 16.5. The second-order valence-corrected chi connectivity index (χ2v) is 5.89. The number of esters is 2. The van der Waals surface area contributed by atoms with E-state index >= 15 is 0 Å². The number of amides is 1. The minimum absolute atomic E-state index is 0.105. The highest BCUT2D eigenvalue weighted by Crippen LogP contribution is 2.21. The van der Waals surface area contributed by atoms with E-state index in [2.05, 4.69) is 10.3 Å². The van der Waals surface area contributed by atoms with E-state index in [0.717, 1.165) is 0 Å². The minimum atomic E-state index is -1.05. The van der Waals surface area contributed by atoms with Gasteiger partial charge >= 0.3 is 11.9 Å². The maximum Gasteiger partial charge on any atom is 0.355 e. The number of rotatable bonds is 6. The lowest BCUT2D eigenvalue weighted by Crippen LogP contribution is -2.30. The lowest BCUT2D eigenvalue weighted by atomic mass is 10.1. The van der Waals surface area contributed by atoms with E-state index in [1.807, 2.05) is 0 Å². The Bertz CT molecular complexity index is 871. The number of H-pyrrole nitrogens is 1. The number of hydrogen-bond acceptors (Lipinski definition) is 6. The molecule has 0 radical (unpaired) electrons. The number of nitrogens with one attached hydrogen (secondary N) is 2. The Morgan fingerprint density at radius 3 is 2.44 bits per heavy atom. The quantitative estimate of drug-likeness (QED) is 0.753. The molecule has 27 heavy (non-hydrogen) atoms. The van der Waals surface area contributed by atoms with Crippen LogP contribution in [0.3, 0.4) is 0 Å². The number of benzene rings is 1. The standard InChI is InChI=1S/C19H22N2O6/c1-10-15(18(23)26-5)11(2)20-16(10)19(24)27-12(3)17(22)21-13-7-6-8-14(9-13)25-4/h6-9,12,20H,1-5H3,(H,21,22)/t12-/m0/s1. The van der Waals surface area contributed by atoms with Crippen molar-refractivity contribution in [1.82, 2.24) is 4.98 Å². The van der Waals surface area contributed by atoms with Crippen LogP contribution in [0.25, 0.3) is 0 Å². The molecule has 0 aliphatic heterocycles. The topological polar surface area (TPSA) is 107 Å². The Balaban J connectivity index is 2.08. The molecule has 0 saturated carbocycles. The van der Waals surface area contributed by atoms with Crippen LogP contribution in [0.1, 0.15) is 39.0 Å². The van der Waals surface area contributed by atoms with Crippen LogP contribution in [0.15, 0.2) is 24.3 Å². The zero-order chi connectivity index (χ0) is 20.1. The molecule has 1 atom stereocenters. The molecule has 2 N–H and O–H groups in total. The third kappa shape index (κ3) is 4.46. The van der Waals surface area contributed by atoms with Gasteiger partial charge in [-0.2, -0.15) is 0 Å². The average Bonchev–Trinajstić information content (AvgIpc) is 2.95. The minimum Gasteiger partial charge on any atom is -0.497 e. The van der Waals surface area contributed by atoms with Crippen molar-refractivity contribution in [3.05, 3.63) is 46.8 Å². The Kier molecular flexibility index (Phi) is 6.23. The van der Waals surface area contributed by atoms with Gasteiger partial charge < -0.3 is 24.5 Å². The number of carbonyl (C=O) groups is 3. The second-order valence-electron chi connectivity index (χ2n) is 5.89. The molecule has 2 aromatic rings. The van der Waals surface area contributed by atoms with Crippen molar-refractivity contribution < 1.29 is 28.6 Å². The predicted octanol–water partition coefficient (Wildman–Crippen LogP) is 2.61. The van der Waals surface area contributed by atoms with Gasteiger partial charge in [-0.25, -0.2) is 9.59 Å². The maximum absolute atomic E-state index is 12.4. The van der Waals surface area contributed by atoms with Crippen molar-refractivity contribution in [2.45, 2.75) is 26.9 Å². The molecule has 0 unspecified atom stereocenters. The largest absolute Gasteiger partial charge is 0.497 e. The molecule has 1 aromatic heterocycles. The van der Waals surface area contributed by atoms with Crippen molar-refractivity contribution >= 4 is 23.5 Å². The number of carbonyl (C=O) groups excluding carboxylic acids is 3. The first-order valence-corrected chi connectivity index (χ1v) is 8.21. The van der Waals surface area contributed by atoms with Crippen molar-refractivity contribution in [1.29, 1.82) is 0 Å². The fourth-order valence-electron chi connectivity index (χ4n) is 2.58. The Labute approximate surface area is 156 Å². The van der Waals surface area contributed by atoms with Gasteiger partial charge in [0.1, 0.15) is 11.4 Å². The van der Waals surface area contributed by atoms with Crippen molar-refractivity contribution in [3.63, 3.8) is 0 Å². The zero-order valence-corrected chi connectivity index (χ0v) is 15.8. The number of methoxy groups -OCH3 is 2. The van der Waals surface area contributed by atoms with E-state index in [-0.39, 0.29) is 11.3 Å². The summed E-state index contributed by atoms with van der Waals surface area (Å²) in [7, 11) is 2.78. The molecule has 0 spiro atoms. The molecule has 0 bridgehead atoms. The molecule has 8 heteroatoms. The fraction of sp³-hybridized carbons (Fsp3) is 0.316. The molecule has 0 saturated heterocycles. The highest BCUT2D eigenvalue weighted by molar-refractivity contribution is 6.00. The average molecular weight is 374 g/mol. The summed E-state index contributed by atoms with van der Waals surface area (Å²) < 4.78 is 15.0. The first-order chi connectivity index (χ1) is 12.8. The lowest BCUT2D eigenvalue weighted by molar-refractivity contribution is -0.123. The Hall–Kier alpha value is -3.29. The normalized spacial score (nSPS) is 11.4. The molecular weight excluding hydrogens is 352 g/mol. The molecule has 0 aliphatic rings. The summed E-state index contributed by atoms with van der Waals surface area (Å²) in [6.45, 7) is 4.71. The van der Waals surface area contributed by atoms with Gasteiger partial charge in [-0.3, -0.25) is 4.79 Å². The fourth-order valence-corrected chi connectivity index (χ4v) is 2.58. The monoisotopic (exact) mass is 374 g/mol. The molecular formula is C19H22N2O6. The third-order valence-electron chi connectivity index (χ3n) is 4.02. The Morgan fingerprint density at radius 2 is 1.81 bits per heavy atom. The molecule has 144 valence electrons. The summed E-state index contributed by atoms with van der Waals surface area (Å²) in [6.07, 6.45) is -1.05. The number of anilines is 1. The van der Waals surface area contributed by atoms with Crippen LogP contribution in [-0.4, -0.2) is 43.2 Å². The molecule has 0 aliphatic carbocycles. The number of aryl methyl sites for hydroxylation is 1. The van der Waals surface area contributed by atoms with E-state index in [1.54, 1.807) is 38.1 Å². The van der Waals surface area contributed by atoms with Crippen LogP contribution < -0.4 is 10.1 Å². The van der Waals surface area contributed by atoms with E-state index in [9.17, 15) is 14.4 Å². The van der Waals surface area contributed by atoms with Gasteiger partial charge in [0.15, 0.2) is 6.10 Å². The van der Waals surface area contributed by atoms with E-state index < -0.39 is 23.9 Å². The van der Waals surface area contributed by atoms with Crippen molar-refractivity contribution in [2.24, 2.45) is 0 Å². The van der Waals surface area contributed by atoms with Crippen LogP contribution in [0.2, 0.25) is 0 Å². The number of aromatic amines is 1. The number of hydrogen-bond donors (Lipinski definition) is 2. The summed E-state index contributed by atoms with van der Waals surface area (Å²) in [5, 5.41) is 2.65. The summed E-state index contributed by atoms with van der Waals surface area (Å²) in [5.41, 5.74) is 1.79. The van der Waals surface area contributed by atoms with E-state index in [4.69, 9.17) is 14.2 Å². The van der Waals surface area contributed by atoms with Crippen LogP contribution in [0.5, 0.6) is 5.75 Å². The van der Waals surface area contributed by atoms with Gasteiger partial charge in [0.2, 0.25) is 0 Å². The van der Waals surface area contributed by atoms with E-state index in [1.165, 1.54) is 21.1 Å². The van der Waals surface area contributed by atoms with Crippen LogP contribution in [0, 0.1) is 13.8 Å². The third-order valence-corrected chi connectivity index (χ3v) is 4.02. The number of ether oxygens (including phenoxy) is 3. The molecule has 1 heterocycles. The molecule has 1 aromatic carbocycles. The van der Waals surface area contributed by atoms with Gasteiger partial charge in [-0.1, -0.05) is 6.07 Å². The van der Waals surface area contributed by atoms with Gasteiger partial charge in [-0.05, 0) is 38.5 Å². The molecule has 0 fully saturated rings. The first-order valence-electron chi connectivity index (χ1n) is 8.21. The summed E-state index contributed by atoms with van der Waals surface area (Å²) in [4.78, 5) is 39.3. The zero-order valence-electron chi connectivity index (χ0n) is 15.8. The number of aromatic nitrogens is 1. The van der Waals surface area contributed by atoms with Crippen molar-refractivity contribution in [2.75, 3.05) is 19.5 Å². The SMILES string of the molecule is COC(=O)c1c(C)[nH]c(C(=O)O[C@@H](C)C(=O)Nc2cccc(OC)c2)c1C. The van der Waals surface area contributed by atoms with E-state index in [0.29, 0.717) is 22.7 Å². The van der Waals surface area contributed by atoms with Crippen LogP contribution in [-0.2, 0) is 14.3 Å². The van der Waals surface area contributed by atoms with Crippen LogP contribution >= 0.6 is 0 Å². The molecule has 8 nitrogen and oxygen atoms in total. The molecule has 1 amide bonds.